The second kappa shape index (κ2) is 7.31. The molecule has 2 heterocycles. The first-order valence-electron chi connectivity index (χ1n) is 8.80. The van der Waals surface area contributed by atoms with Crippen LogP contribution < -0.4 is 14.8 Å². The molecule has 1 aliphatic rings. The van der Waals surface area contributed by atoms with Crippen LogP contribution in [0.15, 0.2) is 40.8 Å². The Kier molecular flexibility index (Phi) is 4.67. The summed E-state index contributed by atoms with van der Waals surface area (Å²) in [4.78, 5) is 36.3. The highest BCUT2D eigenvalue weighted by molar-refractivity contribution is 6.03. The summed E-state index contributed by atoms with van der Waals surface area (Å²) in [6.07, 6.45) is 0. The van der Waals surface area contributed by atoms with Gasteiger partial charge in [-0.05, 0) is 43.3 Å². The molecule has 0 unspecified atom stereocenters. The molecule has 8 nitrogen and oxygen atoms in total. The molecule has 0 saturated carbocycles. The Morgan fingerprint density at radius 3 is 2.79 bits per heavy atom. The Balaban J connectivity index is 1.48. The first kappa shape index (κ1) is 18.5. The van der Waals surface area contributed by atoms with E-state index in [9.17, 15) is 14.4 Å². The molecule has 0 bridgehead atoms. The zero-order valence-electron chi connectivity index (χ0n) is 15.7. The van der Waals surface area contributed by atoms with Gasteiger partial charge in [0.05, 0.1) is 12.8 Å². The molecule has 0 aliphatic carbocycles. The summed E-state index contributed by atoms with van der Waals surface area (Å²) in [5, 5.41) is 3.36. The molecule has 1 aliphatic heterocycles. The van der Waals surface area contributed by atoms with Gasteiger partial charge in [0.1, 0.15) is 17.1 Å². The van der Waals surface area contributed by atoms with Crippen molar-refractivity contribution in [1.82, 2.24) is 0 Å². The summed E-state index contributed by atoms with van der Waals surface area (Å²) in [7, 11) is 1.55. The Bertz CT molecular complexity index is 1150. The van der Waals surface area contributed by atoms with Crippen LogP contribution in [0.3, 0.4) is 0 Å². The van der Waals surface area contributed by atoms with Crippen molar-refractivity contribution in [2.75, 3.05) is 25.6 Å². The largest absolute Gasteiger partial charge is 0.497 e. The van der Waals surface area contributed by atoms with Crippen LogP contribution in [0.4, 0.5) is 5.69 Å². The first-order valence-corrected chi connectivity index (χ1v) is 8.80. The quantitative estimate of drug-likeness (QED) is 0.523. The van der Waals surface area contributed by atoms with Gasteiger partial charge in [0.2, 0.25) is 5.76 Å². The molecule has 0 radical (unpaired) electrons. The van der Waals surface area contributed by atoms with Crippen LogP contribution in [-0.2, 0) is 9.53 Å². The number of benzene rings is 2. The molecule has 0 fully saturated rings. The molecule has 148 valence electrons. The topological polar surface area (TPSA) is 104 Å². The highest BCUT2D eigenvalue weighted by Gasteiger charge is 2.22. The highest BCUT2D eigenvalue weighted by atomic mass is 16.5. The average Bonchev–Trinajstić information content (AvgIpc) is 3.07. The van der Waals surface area contributed by atoms with E-state index in [4.69, 9.17) is 18.6 Å². The Morgan fingerprint density at radius 2 is 2.00 bits per heavy atom. The number of carbonyl (C=O) groups excluding carboxylic acids is 3. The summed E-state index contributed by atoms with van der Waals surface area (Å²) in [5.41, 5.74) is 1.81. The number of Topliss-reactive ketones (excluding diaryl/α,β-unsaturated/α-hetero) is 1. The standard InChI is InChI=1S/C21H17NO7/c1-11-14-8-13(26-2)4-6-17(14)29-20(11)21(25)28-9-16(23)12-3-5-18-15(7-12)22-19(24)10-27-18/h3-8H,9-10H2,1-2H3,(H,22,24). The lowest BCUT2D eigenvalue weighted by atomic mass is 10.1. The second-order valence-corrected chi connectivity index (χ2v) is 6.47. The number of anilines is 1. The summed E-state index contributed by atoms with van der Waals surface area (Å²) >= 11 is 0. The van der Waals surface area contributed by atoms with Gasteiger partial charge >= 0.3 is 5.97 Å². The zero-order valence-corrected chi connectivity index (χ0v) is 15.7. The molecular weight excluding hydrogens is 378 g/mol. The molecular formula is C21H17NO7. The lowest BCUT2D eigenvalue weighted by Crippen LogP contribution is -2.25. The summed E-state index contributed by atoms with van der Waals surface area (Å²) < 4.78 is 21.2. The van der Waals surface area contributed by atoms with Crippen molar-refractivity contribution in [3.63, 3.8) is 0 Å². The van der Waals surface area contributed by atoms with Crippen LogP contribution in [-0.4, -0.2) is 38.0 Å². The van der Waals surface area contributed by atoms with Crippen LogP contribution in [0.25, 0.3) is 11.0 Å². The molecule has 1 amide bonds. The number of furan rings is 1. The summed E-state index contributed by atoms with van der Waals surface area (Å²) in [6, 6.07) is 9.81. The SMILES string of the molecule is COc1ccc2oc(C(=O)OCC(=O)c3ccc4c(c3)NC(=O)CO4)c(C)c2c1. The molecule has 0 saturated heterocycles. The summed E-state index contributed by atoms with van der Waals surface area (Å²) in [5.74, 6) is -0.304. The molecule has 29 heavy (non-hydrogen) atoms. The van der Waals surface area contributed by atoms with Crippen molar-refractivity contribution in [1.29, 1.82) is 0 Å². The number of hydrogen-bond donors (Lipinski definition) is 1. The van der Waals surface area contributed by atoms with E-state index in [2.05, 4.69) is 5.32 Å². The van der Waals surface area contributed by atoms with E-state index in [0.717, 1.165) is 5.39 Å². The molecule has 0 atom stereocenters. The number of carbonyl (C=O) groups is 3. The number of ketones is 1. The van der Waals surface area contributed by atoms with Gasteiger partial charge in [-0.1, -0.05) is 0 Å². The van der Waals surface area contributed by atoms with Crippen molar-refractivity contribution in [3.05, 3.63) is 53.3 Å². The van der Waals surface area contributed by atoms with E-state index in [-0.39, 0.29) is 23.8 Å². The minimum atomic E-state index is -0.736. The van der Waals surface area contributed by atoms with Crippen molar-refractivity contribution >= 4 is 34.3 Å². The van der Waals surface area contributed by atoms with Crippen LogP contribution in [0.5, 0.6) is 11.5 Å². The number of ether oxygens (including phenoxy) is 3. The van der Waals surface area contributed by atoms with Crippen molar-refractivity contribution in [3.8, 4) is 11.5 Å². The first-order chi connectivity index (χ1) is 14.0. The number of aryl methyl sites for hydroxylation is 1. The smallest absolute Gasteiger partial charge is 0.375 e. The molecule has 2 aromatic carbocycles. The third-order valence-electron chi connectivity index (χ3n) is 4.60. The van der Waals surface area contributed by atoms with Crippen LogP contribution in [0.1, 0.15) is 26.5 Å². The highest BCUT2D eigenvalue weighted by Crippen LogP contribution is 2.30. The van der Waals surface area contributed by atoms with Crippen LogP contribution in [0.2, 0.25) is 0 Å². The molecule has 3 aromatic rings. The molecule has 4 rings (SSSR count). The Hall–Kier alpha value is -3.81. The number of amides is 1. The van der Waals surface area contributed by atoms with Crippen molar-refractivity contribution in [2.45, 2.75) is 6.92 Å². The predicted octanol–water partition coefficient (Wildman–Crippen LogP) is 3.12. The Labute approximate surface area is 165 Å². The third-order valence-corrected chi connectivity index (χ3v) is 4.60. The molecule has 1 aromatic heterocycles. The van der Waals surface area contributed by atoms with Crippen molar-refractivity contribution in [2.24, 2.45) is 0 Å². The fourth-order valence-electron chi connectivity index (χ4n) is 3.06. The van der Waals surface area contributed by atoms with Gasteiger partial charge in [0.25, 0.3) is 5.91 Å². The predicted molar refractivity (Wildman–Crippen MR) is 103 cm³/mol. The van der Waals surface area contributed by atoms with E-state index in [0.29, 0.717) is 28.3 Å². The van der Waals surface area contributed by atoms with Gasteiger partial charge in [-0.25, -0.2) is 4.79 Å². The molecule has 1 N–H and O–H groups in total. The van der Waals surface area contributed by atoms with Gasteiger partial charge in [-0.3, -0.25) is 9.59 Å². The lowest BCUT2D eigenvalue weighted by Gasteiger charge is -2.18. The van der Waals surface area contributed by atoms with Crippen LogP contribution >= 0.6 is 0 Å². The number of fused-ring (bicyclic) bond motifs is 2. The normalized spacial score (nSPS) is 12.7. The van der Waals surface area contributed by atoms with E-state index in [1.54, 1.807) is 44.4 Å². The van der Waals surface area contributed by atoms with Crippen LogP contribution in [0, 0.1) is 6.92 Å². The number of hydrogen-bond acceptors (Lipinski definition) is 7. The molecule has 8 heteroatoms. The van der Waals surface area contributed by atoms with Gasteiger partial charge in [0, 0.05) is 16.5 Å². The maximum absolute atomic E-state index is 12.4. The lowest BCUT2D eigenvalue weighted by molar-refractivity contribution is -0.118. The monoisotopic (exact) mass is 395 g/mol. The van der Waals surface area contributed by atoms with Gasteiger partial charge in [0.15, 0.2) is 19.0 Å². The minimum Gasteiger partial charge on any atom is -0.497 e. The number of methoxy groups -OCH3 is 1. The number of nitrogens with one attached hydrogen (secondary N) is 1. The third kappa shape index (κ3) is 3.52. The van der Waals surface area contributed by atoms with E-state index >= 15 is 0 Å². The van der Waals surface area contributed by atoms with Gasteiger partial charge in [-0.15, -0.1) is 0 Å². The number of rotatable bonds is 5. The molecule has 0 spiro atoms. The van der Waals surface area contributed by atoms with Gasteiger partial charge in [-0.2, -0.15) is 0 Å². The maximum atomic E-state index is 12.4. The zero-order chi connectivity index (χ0) is 20.5. The fraction of sp³-hybridized carbons (Fsp3) is 0.190. The fourth-order valence-corrected chi connectivity index (χ4v) is 3.06. The summed E-state index contributed by atoms with van der Waals surface area (Å²) in [6.45, 7) is 1.20. The maximum Gasteiger partial charge on any atom is 0.375 e. The van der Waals surface area contributed by atoms with E-state index < -0.39 is 18.4 Å². The van der Waals surface area contributed by atoms with Gasteiger partial charge < -0.3 is 23.9 Å². The van der Waals surface area contributed by atoms with Crippen molar-refractivity contribution < 1.29 is 33.0 Å². The second-order valence-electron chi connectivity index (χ2n) is 6.47. The Morgan fingerprint density at radius 1 is 1.17 bits per heavy atom. The minimum absolute atomic E-state index is 0.0344. The average molecular weight is 395 g/mol. The number of esters is 1. The van der Waals surface area contributed by atoms with E-state index in [1.807, 2.05) is 0 Å². The van der Waals surface area contributed by atoms with E-state index in [1.165, 1.54) is 6.07 Å².